The third-order valence-electron chi connectivity index (χ3n) is 3.36. The van der Waals surface area contributed by atoms with Gasteiger partial charge in [0.15, 0.2) is 0 Å². The summed E-state index contributed by atoms with van der Waals surface area (Å²) in [7, 11) is 0. The van der Waals surface area contributed by atoms with E-state index in [9.17, 15) is 4.79 Å². The van der Waals surface area contributed by atoms with Crippen molar-refractivity contribution in [1.29, 1.82) is 0 Å². The highest BCUT2D eigenvalue weighted by molar-refractivity contribution is 6.33. The second kappa shape index (κ2) is 8.84. The molecule has 7 heteroatoms. The molecule has 6 nitrogen and oxygen atoms in total. The average Bonchev–Trinajstić information content (AvgIpc) is 2.99. The van der Waals surface area contributed by atoms with Gasteiger partial charge in [0, 0.05) is 25.2 Å². The van der Waals surface area contributed by atoms with E-state index in [1.807, 2.05) is 6.07 Å². The highest BCUT2D eigenvalue weighted by Crippen LogP contribution is 2.30. The summed E-state index contributed by atoms with van der Waals surface area (Å²) in [5, 5.41) is 25.0. The first kappa shape index (κ1) is 18.5. The number of carboxylic acid groups (broad SMARTS) is 1. The number of hydrogen-bond acceptors (Lipinski definition) is 5. The number of carboxylic acids is 1. The Balaban J connectivity index is 1.91. The molecule has 0 fully saturated rings. The molecule has 4 N–H and O–H groups in total. The number of aliphatic hydroxyl groups excluding tert-OH is 1. The number of halogens is 1. The Hall–Kier alpha value is -1.86. The molecule has 0 amide bonds. The molecule has 1 atom stereocenters. The van der Waals surface area contributed by atoms with Crippen LogP contribution in [0, 0.1) is 0 Å². The first-order chi connectivity index (χ1) is 11.5. The minimum absolute atomic E-state index is 0.162. The van der Waals surface area contributed by atoms with Crippen molar-refractivity contribution in [2.24, 2.45) is 0 Å². The highest BCUT2D eigenvalue weighted by Gasteiger charge is 2.12. The van der Waals surface area contributed by atoms with Crippen LogP contribution in [-0.4, -0.2) is 41.9 Å². The van der Waals surface area contributed by atoms with Crippen LogP contribution in [-0.2, 0) is 6.54 Å². The molecule has 0 aliphatic heterocycles. The smallest absolute Gasteiger partial charge is 0.335 e. The largest absolute Gasteiger partial charge is 0.478 e. The minimum atomic E-state index is -1.01. The zero-order chi connectivity index (χ0) is 17.5. The molecule has 1 aromatic heterocycles. The molecule has 1 aromatic carbocycles. The van der Waals surface area contributed by atoms with Gasteiger partial charge in [-0.15, -0.1) is 0 Å². The van der Waals surface area contributed by atoms with Crippen LogP contribution < -0.4 is 10.6 Å². The van der Waals surface area contributed by atoms with Gasteiger partial charge < -0.3 is 25.3 Å². The fourth-order valence-electron chi connectivity index (χ4n) is 2.16. The fourth-order valence-corrected chi connectivity index (χ4v) is 2.37. The molecule has 1 unspecified atom stereocenters. The Bertz CT molecular complexity index is 685. The maximum Gasteiger partial charge on any atom is 0.335 e. The molecule has 0 aliphatic carbocycles. The third kappa shape index (κ3) is 5.35. The molecule has 2 rings (SSSR count). The first-order valence-electron chi connectivity index (χ1n) is 7.69. The van der Waals surface area contributed by atoms with Crippen LogP contribution in [0.25, 0.3) is 11.3 Å². The van der Waals surface area contributed by atoms with E-state index in [1.54, 1.807) is 19.1 Å². The zero-order valence-corrected chi connectivity index (χ0v) is 14.1. The van der Waals surface area contributed by atoms with Gasteiger partial charge in [-0.1, -0.05) is 11.6 Å². The number of aromatic carboxylic acids is 1. The summed E-state index contributed by atoms with van der Waals surface area (Å²) >= 11 is 6.13. The predicted octanol–water partition coefficient (Wildman–Crippen LogP) is 2.36. The van der Waals surface area contributed by atoms with E-state index < -0.39 is 5.97 Å². The lowest BCUT2D eigenvalue weighted by molar-refractivity contribution is 0.0697. The highest BCUT2D eigenvalue weighted by atomic mass is 35.5. The maximum absolute atomic E-state index is 11.1. The number of nitrogens with one attached hydrogen (secondary N) is 2. The van der Waals surface area contributed by atoms with Crippen molar-refractivity contribution in [3.05, 3.63) is 46.7 Å². The van der Waals surface area contributed by atoms with Crippen LogP contribution in [0.3, 0.4) is 0 Å². The topological polar surface area (TPSA) is 94.7 Å². The van der Waals surface area contributed by atoms with E-state index in [0.29, 0.717) is 29.4 Å². The van der Waals surface area contributed by atoms with Crippen LogP contribution in [0.5, 0.6) is 0 Å². The Morgan fingerprint density at radius 1 is 1.25 bits per heavy atom. The Kier molecular flexibility index (Phi) is 6.81. The lowest BCUT2D eigenvalue weighted by Gasteiger charge is -2.07. The lowest BCUT2D eigenvalue weighted by atomic mass is 10.1. The molecular formula is C17H21ClN2O4. The summed E-state index contributed by atoms with van der Waals surface area (Å²) in [6.45, 7) is 4.32. The van der Waals surface area contributed by atoms with E-state index in [4.69, 9.17) is 26.2 Å². The van der Waals surface area contributed by atoms with Gasteiger partial charge in [0.05, 0.1) is 23.2 Å². The van der Waals surface area contributed by atoms with E-state index in [0.717, 1.165) is 18.8 Å². The van der Waals surface area contributed by atoms with Crippen molar-refractivity contribution < 1.29 is 19.4 Å². The monoisotopic (exact) mass is 352 g/mol. The molecule has 0 spiro atoms. The van der Waals surface area contributed by atoms with Gasteiger partial charge in [0.1, 0.15) is 11.5 Å². The number of aliphatic hydroxyl groups is 1. The number of rotatable bonds is 9. The average molecular weight is 353 g/mol. The van der Waals surface area contributed by atoms with E-state index in [-0.39, 0.29) is 11.7 Å². The zero-order valence-electron chi connectivity index (χ0n) is 13.4. The SMILES string of the molecule is CC(O)CNCCNCc1ccc(-c2cc(C(=O)O)ccc2Cl)o1. The summed E-state index contributed by atoms with van der Waals surface area (Å²) in [6.07, 6.45) is -0.357. The van der Waals surface area contributed by atoms with Crippen LogP contribution in [0.4, 0.5) is 0 Å². The molecule has 0 saturated carbocycles. The standard InChI is InChI=1S/C17H21ClN2O4/c1-11(21)9-19-6-7-20-10-13-3-5-16(24-13)14-8-12(17(22)23)2-4-15(14)18/h2-5,8,11,19-21H,6-7,9-10H2,1H3,(H,22,23). The van der Waals surface area contributed by atoms with Crippen molar-refractivity contribution in [2.45, 2.75) is 19.6 Å². The predicted molar refractivity (Wildman–Crippen MR) is 92.4 cm³/mol. The van der Waals surface area contributed by atoms with Gasteiger partial charge >= 0.3 is 5.97 Å². The molecule has 24 heavy (non-hydrogen) atoms. The van der Waals surface area contributed by atoms with Gasteiger partial charge in [-0.05, 0) is 37.3 Å². The Labute approximate surface area is 145 Å². The quantitative estimate of drug-likeness (QED) is 0.517. The summed E-state index contributed by atoms with van der Waals surface area (Å²) < 4.78 is 5.73. The minimum Gasteiger partial charge on any atom is -0.478 e. The fraction of sp³-hybridized carbons (Fsp3) is 0.353. The van der Waals surface area contributed by atoms with Crippen LogP contribution in [0.1, 0.15) is 23.0 Å². The second-order valence-corrected chi connectivity index (χ2v) is 5.90. The van der Waals surface area contributed by atoms with Crippen LogP contribution in [0.2, 0.25) is 5.02 Å². The number of carbonyl (C=O) groups is 1. The van der Waals surface area contributed by atoms with Crippen LogP contribution >= 0.6 is 11.6 Å². The van der Waals surface area contributed by atoms with Gasteiger partial charge in [0.2, 0.25) is 0 Å². The van der Waals surface area contributed by atoms with E-state index >= 15 is 0 Å². The van der Waals surface area contributed by atoms with Gasteiger partial charge in [-0.25, -0.2) is 4.79 Å². The first-order valence-corrected chi connectivity index (χ1v) is 8.06. The lowest BCUT2D eigenvalue weighted by Crippen LogP contribution is -2.31. The summed E-state index contributed by atoms with van der Waals surface area (Å²) in [5.74, 6) is 0.260. The van der Waals surface area contributed by atoms with Crippen molar-refractivity contribution in [2.75, 3.05) is 19.6 Å². The van der Waals surface area contributed by atoms with Crippen LogP contribution in [0.15, 0.2) is 34.7 Å². The van der Waals surface area contributed by atoms with Gasteiger partial charge in [-0.2, -0.15) is 0 Å². The number of hydrogen-bond donors (Lipinski definition) is 4. The van der Waals surface area contributed by atoms with Crippen molar-refractivity contribution in [1.82, 2.24) is 10.6 Å². The van der Waals surface area contributed by atoms with E-state index in [1.165, 1.54) is 12.1 Å². The van der Waals surface area contributed by atoms with Gasteiger partial charge in [0.25, 0.3) is 0 Å². The van der Waals surface area contributed by atoms with Crippen molar-refractivity contribution >= 4 is 17.6 Å². The third-order valence-corrected chi connectivity index (χ3v) is 3.69. The Morgan fingerprint density at radius 2 is 2.00 bits per heavy atom. The van der Waals surface area contributed by atoms with Crippen molar-refractivity contribution in [3.8, 4) is 11.3 Å². The van der Waals surface area contributed by atoms with E-state index in [2.05, 4.69) is 10.6 Å². The normalized spacial score (nSPS) is 12.3. The summed E-state index contributed by atoms with van der Waals surface area (Å²) in [6, 6.07) is 8.11. The summed E-state index contributed by atoms with van der Waals surface area (Å²) in [5.41, 5.74) is 0.719. The molecule has 130 valence electrons. The van der Waals surface area contributed by atoms with Crippen molar-refractivity contribution in [3.63, 3.8) is 0 Å². The number of benzene rings is 1. The number of furan rings is 1. The molecule has 0 radical (unpaired) electrons. The molecular weight excluding hydrogens is 332 g/mol. The molecule has 0 bridgehead atoms. The second-order valence-electron chi connectivity index (χ2n) is 5.50. The molecule has 1 heterocycles. The molecule has 2 aromatic rings. The maximum atomic E-state index is 11.1. The molecule has 0 saturated heterocycles. The Morgan fingerprint density at radius 3 is 2.71 bits per heavy atom. The molecule has 0 aliphatic rings. The van der Waals surface area contributed by atoms with Gasteiger partial charge in [-0.3, -0.25) is 0 Å². The summed E-state index contributed by atoms with van der Waals surface area (Å²) in [4.78, 5) is 11.1.